The molecular formula is C13H23NO5. The van der Waals surface area contributed by atoms with Crippen LogP contribution in [0, 0.1) is 5.92 Å². The number of hydrogen-bond donors (Lipinski definition) is 1. The number of methoxy groups -OCH3 is 1. The van der Waals surface area contributed by atoms with Crippen LogP contribution in [-0.2, 0) is 19.0 Å². The van der Waals surface area contributed by atoms with E-state index in [0.717, 1.165) is 0 Å². The van der Waals surface area contributed by atoms with Gasteiger partial charge in [-0.25, -0.2) is 9.59 Å². The van der Waals surface area contributed by atoms with Gasteiger partial charge in [0, 0.05) is 6.54 Å². The summed E-state index contributed by atoms with van der Waals surface area (Å²) in [6.45, 7) is 7.65. The summed E-state index contributed by atoms with van der Waals surface area (Å²) in [5.74, 6) is -0.287. The molecule has 6 heteroatoms. The minimum atomic E-state index is -0.546. The highest BCUT2D eigenvalue weighted by atomic mass is 16.6. The van der Waals surface area contributed by atoms with Crippen LogP contribution in [0.3, 0.4) is 0 Å². The number of alkyl carbamates (subject to hydrolysis) is 1. The van der Waals surface area contributed by atoms with Crippen LogP contribution in [0.15, 0.2) is 0 Å². The second-order valence-corrected chi connectivity index (χ2v) is 5.80. The highest BCUT2D eigenvalue weighted by Crippen LogP contribution is 2.26. The topological polar surface area (TPSA) is 73.9 Å². The lowest BCUT2D eigenvalue weighted by atomic mass is 10.0. The van der Waals surface area contributed by atoms with Gasteiger partial charge in [-0.3, -0.25) is 0 Å². The third-order valence-corrected chi connectivity index (χ3v) is 2.80. The van der Waals surface area contributed by atoms with E-state index in [-0.39, 0.29) is 18.0 Å². The van der Waals surface area contributed by atoms with E-state index in [9.17, 15) is 9.59 Å². The van der Waals surface area contributed by atoms with Gasteiger partial charge in [0.2, 0.25) is 0 Å². The summed E-state index contributed by atoms with van der Waals surface area (Å²) in [6.07, 6.45) is -0.512. The maximum Gasteiger partial charge on any atom is 0.407 e. The van der Waals surface area contributed by atoms with Crippen molar-refractivity contribution in [1.82, 2.24) is 5.32 Å². The second kappa shape index (κ2) is 6.23. The highest BCUT2D eigenvalue weighted by molar-refractivity contribution is 5.75. The monoisotopic (exact) mass is 273 g/mol. The van der Waals surface area contributed by atoms with Crippen molar-refractivity contribution < 1.29 is 23.8 Å². The molecule has 1 rings (SSSR count). The van der Waals surface area contributed by atoms with E-state index in [2.05, 4.69) is 10.1 Å². The van der Waals surface area contributed by atoms with Crippen LogP contribution in [-0.4, -0.2) is 43.5 Å². The molecule has 0 bridgehead atoms. The molecule has 0 aliphatic carbocycles. The number of hydrogen-bond acceptors (Lipinski definition) is 5. The fourth-order valence-electron chi connectivity index (χ4n) is 1.98. The molecule has 1 aliphatic rings. The van der Waals surface area contributed by atoms with Crippen molar-refractivity contribution in [1.29, 1.82) is 0 Å². The first-order valence-electron chi connectivity index (χ1n) is 6.43. The fourth-order valence-corrected chi connectivity index (χ4v) is 1.98. The van der Waals surface area contributed by atoms with Crippen LogP contribution in [0.4, 0.5) is 4.79 Å². The minimum Gasteiger partial charge on any atom is -0.467 e. The lowest BCUT2D eigenvalue weighted by molar-refractivity contribution is -0.154. The van der Waals surface area contributed by atoms with Gasteiger partial charge >= 0.3 is 12.1 Å². The number of nitrogens with one attached hydrogen (secondary N) is 1. The molecule has 1 saturated heterocycles. The zero-order valence-electron chi connectivity index (χ0n) is 12.2. The average Bonchev–Trinajstić information content (AvgIpc) is 2.65. The number of amides is 1. The van der Waals surface area contributed by atoms with Crippen molar-refractivity contribution >= 4 is 12.1 Å². The average molecular weight is 273 g/mol. The smallest absolute Gasteiger partial charge is 0.407 e. The maximum atomic E-state index is 11.5. The van der Waals surface area contributed by atoms with Crippen molar-refractivity contribution in [2.24, 2.45) is 5.92 Å². The molecule has 6 nitrogen and oxygen atoms in total. The summed E-state index contributed by atoms with van der Waals surface area (Å²) in [7, 11) is 1.34. The summed E-state index contributed by atoms with van der Waals surface area (Å²) >= 11 is 0. The molecule has 0 spiro atoms. The molecule has 1 unspecified atom stereocenters. The van der Waals surface area contributed by atoms with Crippen molar-refractivity contribution in [2.45, 2.75) is 51.9 Å². The zero-order chi connectivity index (χ0) is 14.6. The first-order chi connectivity index (χ1) is 8.73. The van der Waals surface area contributed by atoms with Gasteiger partial charge in [0.25, 0.3) is 0 Å². The van der Waals surface area contributed by atoms with Crippen molar-refractivity contribution in [2.75, 3.05) is 13.7 Å². The second-order valence-electron chi connectivity index (χ2n) is 5.80. The molecule has 1 aliphatic heterocycles. The molecule has 19 heavy (non-hydrogen) atoms. The normalized spacial score (nSPS) is 26.9. The largest absolute Gasteiger partial charge is 0.467 e. The molecule has 1 fully saturated rings. The van der Waals surface area contributed by atoms with E-state index >= 15 is 0 Å². The molecule has 0 radical (unpaired) electrons. The molecule has 1 amide bonds. The summed E-state index contributed by atoms with van der Waals surface area (Å²) in [5, 5.41) is 2.64. The third-order valence-electron chi connectivity index (χ3n) is 2.80. The standard InChI is InChI=1S/C13H23NO5/c1-8-6-9(18-10(8)11(15)17-5)7-14-12(16)19-13(2,3)4/h8-10H,6-7H2,1-5H3,(H,14,16)/t8-,9?,10+/m1/s1. The van der Waals surface area contributed by atoms with Crippen LogP contribution in [0.2, 0.25) is 0 Å². The number of esters is 1. The van der Waals surface area contributed by atoms with Gasteiger partial charge in [0.15, 0.2) is 6.10 Å². The Balaban J connectivity index is 2.36. The van der Waals surface area contributed by atoms with Crippen LogP contribution in [0.25, 0.3) is 0 Å². The Bertz CT molecular complexity index is 336. The van der Waals surface area contributed by atoms with Gasteiger partial charge in [-0.05, 0) is 33.1 Å². The van der Waals surface area contributed by atoms with E-state index in [1.54, 1.807) is 20.8 Å². The molecule has 1 N–H and O–H groups in total. The fraction of sp³-hybridized carbons (Fsp3) is 0.846. The Hall–Kier alpha value is -1.30. The molecule has 0 aromatic heterocycles. The van der Waals surface area contributed by atoms with Gasteiger partial charge in [-0.15, -0.1) is 0 Å². The zero-order valence-corrected chi connectivity index (χ0v) is 12.2. The van der Waals surface area contributed by atoms with Crippen LogP contribution in [0.5, 0.6) is 0 Å². The molecule has 0 aromatic carbocycles. The summed E-state index contributed by atoms with van der Waals surface area (Å²) in [5.41, 5.74) is -0.525. The van der Waals surface area contributed by atoms with Crippen molar-refractivity contribution in [3.05, 3.63) is 0 Å². The lowest BCUT2D eigenvalue weighted by Crippen LogP contribution is -2.37. The summed E-state index contributed by atoms with van der Waals surface area (Å²) in [6, 6.07) is 0. The molecule has 110 valence electrons. The van der Waals surface area contributed by atoms with Crippen molar-refractivity contribution in [3.63, 3.8) is 0 Å². The minimum absolute atomic E-state index is 0.0814. The number of rotatable bonds is 3. The van der Waals surface area contributed by atoms with E-state index in [1.165, 1.54) is 7.11 Å². The Morgan fingerprint density at radius 2 is 2.00 bits per heavy atom. The molecule has 3 atom stereocenters. The first kappa shape index (κ1) is 15.8. The van der Waals surface area contributed by atoms with E-state index in [0.29, 0.717) is 13.0 Å². The van der Waals surface area contributed by atoms with E-state index < -0.39 is 17.8 Å². The summed E-state index contributed by atoms with van der Waals surface area (Å²) < 4.78 is 15.4. The quantitative estimate of drug-likeness (QED) is 0.788. The number of ether oxygens (including phenoxy) is 3. The van der Waals surface area contributed by atoms with Crippen LogP contribution >= 0.6 is 0 Å². The molecular weight excluding hydrogens is 250 g/mol. The van der Waals surface area contributed by atoms with Gasteiger partial charge in [-0.2, -0.15) is 0 Å². The number of carbonyl (C=O) groups excluding carboxylic acids is 2. The first-order valence-corrected chi connectivity index (χ1v) is 6.43. The van der Waals surface area contributed by atoms with E-state index in [1.807, 2.05) is 6.92 Å². The maximum absolute atomic E-state index is 11.5. The summed E-state index contributed by atoms with van der Waals surface area (Å²) in [4.78, 5) is 22.9. The lowest BCUT2D eigenvalue weighted by Gasteiger charge is -2.20. The Morgan fingerprint density at radius 1 is 1.37 bits per heavy atom. The third kappa shape index (κ3) is 5.06. The SMILES string of the molecule is COC(=O)[C@H]1OC(CNC(=O)OC(C)(C)C)C[C@H]1C. The molecule has 1 heterocycles. The highest BCUT2D eigenvalue weighted by Gasteiger charge is 2.37. The molecule has 0 aromatic rings. The molecule has 0 saturated carbocycles. The predicted molar refractivity (Wildman–Crippen MR) is 68.7 cm³/mol. The van der Waals surface area contributed by atoms with Gasteiger partial charge < -0.3 is 19.5 Å². The van der Waals surface area contributed by atoms with Gasteiger partial charge in [0.1, 0.15) is 5.60 Å². The predicted octanol–water partition coefficient (Wildman–Crippen LogP) is 1.48. The Morgan fingerprint density at radius 3 is 2.53 bits per heavy atom. The Labute approximate surface area is 113 Å². The number of carbonyl (C=O) groups is 2. The van der Waals surface area contributed by atoms with Gasteiger partial charge in [-0.1, -0.05) is 6.92 Å². The van der Waals surface area contributed by atoms with Crippen molar-refractivity contribution in [3.8, 4) is 0 Å². The van der Waals surface area contributed by atoms with E-state index in [4.69, 9.17) is 9.47 Å². The Kier molecular flexibility index (Phi) is 5.17. The van der Waals surface area contributed by atoms with Crippen LogP contribution < -0.4 is 5.32 Å². The van der Waals surface area contributed by atoms with Gasteiger partial charge in [0.05, 0.1) is 13.2 Å². The van der Waals surface area contributed by atoms with Crippen LogP contribution in [0.1, 0.15) is 34.1 Å².